The van der Waals surface area contributed by atoms with Crippen LogP contribution in [0.1, 0.15) is 40.7 Å². The molecule has 0 saturated carbocycles. The molecule has 1 atom stereocenters. The van der Waals surface area contributed by atoms with Crippen molar-refractivity contribution < 1.29 is 18.0 Å². The molecule has 1 N–H and O–H groups in total. The van der Waals surface area contributed by atoms with Gasteiger partial charge in [-0.05, 0) is 37.5 Å². The summed E-state index contributed by atoms with van der Waals surface area (Å²) < 4.78 is 38.4. The molecule has 1 heterocycles. The first-order valence-electron chi connectivity index (χ1n) is 7.59. The summed E-state index contributed by atoms with van der Waals surface area (Å²) in [7, 11) is 0. The Morgan fingerprint density at radius 1 is 1.21 bits per heavy atom. The second-order valence-corrected chi connectivity index (χ2v) is 6.09. The Balaban J connectivity index is 1.93. The molecule has 0 fully saturated rings. The second-order valence-electron chi connectivity index (χ2n) is 6.09. The van der Waals surface area contributed by atoms with Crippen molar-refractivity contribution in [2.24, 2.45) is 5.92 Å². The molecule has 0 aliphatic heterocycles. The molecular formula is C17H16F3N3O. The first-order valence-corrected chi connectivity index (χ1v) is 7.59. The molecule has 126 valence electrons. The van der Waals surface area contributed by atoms with E-state index in [1.807, 2.05) is 6.92 Å². The van der Waals surface area contributed by atoms with Gasteiger partial charge in [0, 0.05) is 12.1 Å². The van der Waals surface area contributed by atoms with E-state index < -0.39 is 11.7 Å². The molecule has 4 nitrogen and oxygen atoms in total. The molecule has 0 saturated heterocycles. The van der Waals surface area contributed by atoms with E-state index in [1.165, 1.54) is 12.1 Å². The van der Waals surface area contributed by atoms with Crippen molar-refractivity contribution >= 4 is 17.4 Å². The number of hydrogen-bond donors (Lipinski definition) is 1. The molecule has 1 aromatic carbocycles. The first-order chi connectivity index (χ1) is 11.2. The van der Waals surface area contributed by atoms with Gasteiger partial charge in [-0.2, -0.15) is 13.2 Å². The van der Waals surface area contributed by atoms with Crippen LogP contribution in [0.2, 0.25) is 0 Å². The summed E-state index contributed by atoms with van der Waals surface area (Å²) in [5, 5.41) is 2.80. The summed E-state index contributed by atoms with van der Waals surface area (Å²) in [6.45, 7) is 3.68. The average Bonchev–Trinajstić information content (AvgIpc) is 2.45. The van der Waals surface area contributed by atoms with Gasteiger partial charge in [0.15, 0.2) is 5.78 Å². The second kappa shape index (κ2) is 5.89. The number of halogens is 3. The van der Waals surface area contributed by atoms with E-state index in [0.29, 0.717) is 29.8 Å². The van der Waals surface area contributed by atoms with Crippen LogP contribution in [0.15, 0.2) is 24.3 Å². The molecule has 3 rings (SSSR count). The standard InChI is InChI=1S/C17H16F3N3O/c1-9-6-13-15(14(24)7-9)10(2)21-16(23-13)22-12-5-3-4-11(8-12)17(18,19)20/h3-5,8-9H,6-7H2,1-2H3,(H,21,22,23)/t9-/m0/s1. The molecule has 1 aromatic heterocycles. The number of aryl methyl sites for hydroxylation is 1. The van der Waals surface area contributed by atoms with Gasteiger partial charge in [-0.1, -0.05) is 13.0 Å². The maximum absolute atomic E-state index is 12.8. The van der Waals surface area contributed by atoms with Gasteiger partial charge < -0.3 is 5.32 Å². The van der Waals surface area contributed by atoms with Gasteiger partial charge in [-0.3, -0.25) is 4.79 Å². The highest BCUT2D eigenvalue weighted by atomic mass is 19.4. The monoisotopic (exact) mass is 335 g/mol. The van der Waals surface area contributed by atoms with Gasteiger partial charge in [0.1, 0.15) is 0 Å². The smallest absolute Gasteiger partial charge is 0.324 e. The normalized spacial score (nSPS) is 17.5. The van der Waals surface area contributed by atoms with Crippen molar-refractivity contribution in [3.8, 4) is 0 Å². The Morgan fingerprint density at radius 2 is 1.96 bits per heavy atom. The third kappa shape index (κ3) is 3.25. The minimum absolute atomic E-state index is 0.0202. The number of rotatable bonds is 2. The Labute approximate surface area is 137 Å². The lowest BCUT2D eigenvalue weighted by atomic mass is 9.86. The summed E-state index contributed by atoms with van der Waals surface area (Å²) in [5.74, 6) is 0.417. The highest BCUT2D eigenvalue weighted by Gasteiger charge is 2.30. The summed E-state index contributed by atoms with van der Waals surface area (Å²) in [6.07, 6.45) is -3.29. The van der Waals surface area contributed by atoms with E-state index in [0.717, 1.165) is 12.1 Å². The lowest BCUT2D eigenvalue weighted by Gasteiger charge is -2.21. The summed E-state index contributed by atoms with van der Waals surface area (Å²) in [5.41, 5.74) is 1.25. The predicted octanol–water partition coefficient (Wildman–Crippen LogP) is 4.31. The van der Waals surface area contributed by atoms with Crippen molar-refractivity contribution in [3.05, 3.63) is 46.8 Å². The highest BCUT2D eigenvalue weighted by Crippen LogP contribution is 2.32. The lowest BCUT2D eigenvalue weighted by Crippen LogP contribution is -2.22. The third-order valence-corrected chi connectivity index (χ3v) is 3.97. The molecule has 2 aromatic rings. The number of ketones is 1. The topological polar surface area (TPSA) is 54.9 Å². The average molecular weight is 335 g/mol. The number of nitrogens with zero attached hydrogens (tertiary/aromatic N) is 2. The largest absolute Gasteiger partial charge is 0.416 e. The number of alkyl halides is 3. The van der Waals surface area contributed by atoms with E-state index in [4.69, 9.17) is 0 Å². The summed E-state index contributed by atoms with van der Waals surface area (Å²) >= 11 is 0. The van der Waals surface area contributed by atoms with E-state index in [-0.39, 0.29) is 23.3 Å². The van der Waals surface area contributed by atoms with Gasteiger partial charge in [0.05, 0.1) is 22.5 Å². The molecule has 0 unspecified atom stereocenters. The molecule has 0 amide bonds. The number of hydrogen-bond acceptors (Lipinski definition) is 4. The van der Waals surface area contributed by atoms with Crippen molar-refractivity contribution in [1.82, 2.24) is 9.97 Å². The summed E-state index contributed by atoms with van der Waals surface area (Å²) in [4.78, 5) is 20.7. The number of aromatic nitrogens is 2. The van der Waals surface area contributed by atoms with E-state index in [9.17, 15) is 18.0 Å². The van der Waals surface area contributed by atoms with Gasteiger partial charge in [-0.25, -0.2) is 9.97 Å². The summed E-state index contributed by atoms with van der Waals surface area (Å²) in [6, 6.07) is 4.85. The van der Waals surface area contributed by atoms with Crippen molar-refractivity contribution in [2.45, 2.75) is 32.9 Å². The number of Topliss-reactive ketones (excluding diaryl/α,β-unsaturated/α-hetero) is 1. The van der Waals surface area contributed by atoms with Crippen LogP contribution >= 0.6 is 0 Å². The predicted molar refractivity (Wildman–Crippen MR) is 83.3 cm³/mol. The van der Waals surface area contributed by atoms with Gasteiger partial charge in [0.25, 0.3) is 0 Å². The molecule has 1 aliphatic rings. The maximum atomic E-state index is 12.8. The lowest BCUT2D eigenvalue weighted by molar-refractivity contribution is -0.137. The molecule has 0 bridgehead atoms. The highest BCUT2D eigenvalue weighted by molar-refractivity contribution is 5.99. The van der Waals surface area contributed by atoms with Crippen LogP contribution in [0.5, 0.6) is 0 Å². The Kier molecular flexibility index (Phi) is 4.03. The quantitative estimate of drug-likeness (QED) is 0.888. The zero-order valence-corrected chi connectivity index (χ0v) is 13.2. The van der Waals surface area contributed by atoms with Crippen LogP contribution < -0.4 is 5.32 Å². The fraction of sp³-hybridized carbons (Fsp3) is 0.353. The van der Waals surface area contributed by atoms with Crippen LogP contribution in [0.4, 0.5) is 24.8 Å². The molecule has 0 radical (unpaired) electrons. The van der Waals surface area contributed by atoms with E-state index in [1.54, 1.807) is 6.92 Å². The van der Waals surface area contributed by atoms with Gasteiger partial charge in [0.2, 0.25) is 5.95 Å². The molecule has 0 spiro atoms. The van der Waals surface area contributed by atoms with Crippen LogP contribution in [0.3, 0.4) is 0 Å². The van der Waals surface area contributed by atoms with Crippen molar-refractivity contribution in [3.63, 3.8) is 0 Å². The number of anilines is 2. The third-order valence-electron chi connectivity index (χ3n) is 3.97. The van der Waals surface area contributed by atoms with Crippen LogP contribution in [-0.4, -0.2) is 15.8 Å². The van der Waals surface area contributed by atoms with E-state index in [2.05, 4.69) is 15.3 Å². The number of carbonyl (C=O) groups excluding carboxylic acids is 1. The minimum atomic E-state index is -4.41. The fourth-order valence-corrected chi connectivity index (χ4v) is 2.92. The number of carbonyl (C=O) groups is 1. The Hall–Kier alpha value is -2.44. The van der Waals surface area contributed by atoms with Gasteiger partial charge >= 0.3 is 6.18 Å². The van der Waals surface area contributed by atoms with Gasteiger partial charge in [-0.15, -0.1) is 0 Å². The van der Waals surface area contributed by atoms with Crippen LogP contribution in [0, 0.1) is 12.8 Å². The fourth-order valence-electron chi connectivity index (χ4n) is 2.92. The molecule has 24 heavy (non-hydrogen) atoms. The number of nitrogens with one attached hydrogen (secondary N) is 1. The minimum Gasteiger partial charge on any atom is -0.324 e. The van der Waals surface area contributed by atoms with Crippen molar-refractivity contribution in [2.75, 3.05) is 5.32 Å². The van der Waals surface area contributed by atoms with Crippen LogP contribution in [0.25, 0.3) is 0 Å². The zero-order valence-electron chi connectivity index (χ0n) is 13.2. The molecule has 7 heteroatoms. The Morgan fingerprint density at radius 3 is 2.67 bits per heavy atom. The Bertz CT molecular complexity index is 802. The van der Waals surface area contributed by atoms with Crippen LogP contribution in [-0.2, 0) is 12.6 Å². The number of benzene rings is 1. The SMILES string of the molecule is Cc1nc(Nc2cccc(C(F)(F)F)c2)nc2c1C(=O)C[C@@H](C)C2. The zero-order chi connectivity index (χ0) is 17.5. The maximum Gasteiger partial charge on any atom is 0.416 e. The number of fused-ring (bicyclic) bond motifs is 1. The van der Waals surface area contributed by atoms with Crippen molar-refractivity contribution in [1.29, 1.82) is 0 Å². The molecular weight excluding hydrogens is 319 g/mol. The van der Waals surface area contributed by atoms with E-state index >= 15 is 0 Å². The first kappa shape index (κ1) is 16.4. The molecule has 1 aliphatic carbocycles.